The van der Waals surface area contributed by atoms with Gasteiger partial charge in [0.15, 0.2) is 6.29 Å². The lowest BCUT2D eigenvalue weighted by Crippen LogP contribution is -2.60. The molecule has 8 rings (SSSR count). The van der Waals surface area contributed by atoms with Crippen molar-refractivity contribution in [2.75, 3.05) is 26.2 Å². The summed E-state index contributed by atoms with van der Waals surface area (Å²) in [5.41, 5.74) is -1.28. The summed E-state index contributed by atoms with van der Waals surface area (Å²) in [7, 11) is 0. The lowest BCUT2D eigenvalue weighted by Gasteiger charge is -2.64. The second-order valence-electron chi connectivity index (χ2n) is 20.5. The van der Waals surface area contributed by atoms with Gasteiger partial charge >= 0.3 is 5.97 Å². The van der Waals surface area contributed by atoms with Crippen LogP contribution in [0.4, 0.5) is 0 Å². The lowest BCUT2D eigenvalue weighted by molar-refractivity contribution is -0.248. The van der Waals surface area contributed by atoms with Crippen molar-refractivity contribution < 1.29 is 38.8 Å². The summed E-state index contributed by atoms with van der Waals surface area (Å²) < 4.78 is 19.9. The Labute approximate surface area is 311 Å². The summed E-state index contributed by atoms with van der Waals surface area (Å²) in [6, 6.07) is 0. The van der Waals surface area contributed by atoms with E-state index in [0.717, 1.165) is 38.5 Å². The Morgan fingerprint density at radius 3 is 2.35 bits per heavy atom. The van der Waals surface area contributed by atoms with Crippen LogP contribution in [-0.4, -0.2) is 100 Å². The maximum Gasteiger partial charge on any atom is 0.329 e. The van der Waals surface area contributed by atoms with Gasteiger partial charge in [-0.25, -0.2) is 4.79 Å². The molecule has 2 amide bonds. The van der Waals surface area contributed by atoms with Gasteiger partial charge in [-0.2, -0.15) is 0 Å². The van der Waals surface area contributed by atoms with Crippen molar-refractivity contribution in [1.82, 2.24) is 9.80 Å². The van der Waals surface area contributed by atoms with Gasteiger partial charge in [0.05, 0.1) is 37.6 Å². The van der Waals surface area contributed by atoms with Crippen LogP contribution in [0.15, 0.2) is 0 Å². The summed E-state index contributed by atoms with van der Waals surface area (Å²) in [6.45, 7) is 18.5. The molecule has 52 heavy (non-hydrogen) atoms. The molecule has 2 heterocycles. The number of carboxylic acid groups (broad SMARTS) is 1. The van der Waals surface area contributed by atoms with Crippen LogP contribution in [0.1, 0.15) is 126 Å². The van der Waals surface area contributed by atoms with Gasteiger partial charge in [0.1, 0.15) is 5.54 Å². The fraction of sp³-hybridized carbons (Fsp3) is 0.929. The summed E-state index contributed by atoms with van der Waals surface area (Å²) in [4.78, 5) is 41.2. The van der Waals surface area contributed by atoms with Crippen molar-refractivity contribution in [2.24, 2.45) is 56.7 Å². The van der Waals surface area contributed by atoms with E-state index in [1.807, 2.05) is 4.90 Å². The summed E-state index contributed by atoms with van der Waals surface area (Å²) in [6.07, 6.45) is 10.1. The average molecular weight is 727 g/mol. The van der Waals surface area contributed by atoms with Crippen LogP contribution < -0.4 is 0 Å². The lowest BCUT2D eigenvalue weighted by atomic mass is 9.41. The Morgan fingerprint density at radius 1 is 0.981 bits per heavy atom. The standard InChI is InChI=1S/C42H66N2O8/c1-24-19-27(21-44(25(2)45)38(5,6)36(48)49)51-34-33(24)39(7)15-16-42-23-41(42)14-13-30(37(3,4)28(41)11-12-29(42)40(39,8)35(34)47)52-32-22-43(17-18-50-32)31(46)20-26-9-10-26/h24,26-30,32-35,47H,9-23H2,1-8H3,(H,48,49)/t24-,27-,28+,29+,30?,32+,33+,34+,35+,39-,40-,41?,42+/m1/s1. The van der Waals surface area contributed by atoms with Crippen LogP contribution in [0.3, 0.4) is 0 Å². The first-order valence-corrected chi connectivity index (χ1v) is 20.7. The minimum absolute atomic E-state index is 0.0303. The average Bonchev–Trinajstić information content (AvgIpc) is 4.00. The van der Waals surface area contributed by atoms with Gasteiger partial charge in [-0.05, 0) is 129 Å². The van der Waals surface area contributed by atoms with Gasteiger partial charge in [0.2, 0.25) is 11.8 Å². The Bertz CT molecular complexity index is 1480. The monoisotopic (exact) mass is 726 g/mol. The molecule has 8 aliphatic rings. The molecule has 13 atom stereocenters. The first-order valence-electron chi connectivity index (χ1n) is 20.7. The molecular weight excluding hydrogens is 660 g/mol. The number of nitrogens with zero attached hydrogens (tertiary/aromatic N) is 2. The fourth-order valence-corrected chi connectivity index (χ4v) is 14.6. The van der Waals surface area contributed by atoms with Crippen LogP contribution in [-0.2, 0) is 28.6 Å². The van der Waals surface area contributed by atoms with Gasteiger partial charge in [-0.3, -0.25) is 9.59 Å². The minimum atomic E-state index is -1.35. The molecular formula is C42H66N2O8. The van der Waals surface area contributed by atoms with E-state index < -0.39 is 17.6 Å². The molecule has 2 saturated heterocycles. The molecule has 292 valence electrons. The third-order valence-corrected chi connectivity index (χ3v) is 17.6. The molecule has 2 spiro atoms. The number of fused-ring (bicyclic) bond motifs is 4. The maximum atomic E-state index is 12.9. The predicted octanol–water partition coefficient (Wildman–Crippen LogP) is 5.88. The van der Waals surface area contributed by atoms with Crippen LogP contribution in [0.5, 0.6) is 0 Å². The van der Waals surface area contributed by atoms with Crippen molar-refractivity contribution in [3.8, 4) is 0 Å². The van der Waals surface area contributed by atoms with E-state index >= 15 is 0 Å². The number of aliphatic carboxylic acids is 1. The number of morpholine rings is 1. The Morgan fingerprint density at radius 2 is 1.67 bits per heavy atom. The van der Waals surface area contributed by atoms with E-state index in [2.05, 4.69) is 34.6 Å². The second-order valence-corrected chi connectivity index (χ2v) is 20.5. The molecule has 2 aliphatic heterocycles. The number of carbonyl (C=O) groups excluding carboxylic acids is 2. The third-order valence-electron chi connectivity index (χ3n) is 17.6. The number of carboxylic acids is 1. The molecule has 2 unspecified atom stereocenters. The minimum Gasteiger partial charge on any atom is -0.480 e. The van der Waals surface area contributed by atoms with E-state index in [4.69, 9.17) is 14.2 Å². The number of aliphatic hydroxyl groups is 1. The molecule has 10 heteroatoms. The Hall–Kier alpha value is -1.75. The van der Waals surface area contributed by atoms with Gasteiger partial charge < -0.3 is 34.2 Å². The van der Waals surface area contributed by atoms with E-state index in [-0.39, 0.29) is 81.9 Å². The van der Waals surface area contributed by atoms with E-state index in [1.165, 1.54) is 37.5 Å². The van der Waals surface area contributed by atoms with Crippen LogP contribution in [0.2, 0.25) is 0 Å². The molecule has 10 nitrogen and oxygen atoms in total. The highest BCUT2D eigenvalue weighted by Gasteiger charge is 2.84. The van der Waals surface area contributed by atoms with Crippen molar-refractivity contribution >= 4 is 17.8 Å². The predicted molar refractivity (Wildman–Crippen MR) is 194 cm³/mol. The number of carbonyl (C=O) groups is 3. The number of hydrogen-bond acceptors (Lipinski definition) is 7. The molecule has 0 radical (unpaired) electrons. The smallest absolute Gasteiger partial charge is 0.329 e. The highest BCUT2D eigenvalue weighted by Crippen LogP contribution is 2.89. The first-order chi connectivity index (χ1) is 24.3. The number of amides is 2. The molecule has 8 fully saturated rings. The van der Waals surface area contributed by atoms with Crippen LogP contribution in [0.25, 0.3) is 0 Å². The SMILES string of the molecule is CC(=O)N(C[C@H]1C[C@@H](C)[C@H]2[C@H](O1)[C@H](O)[C@@]1(C)[C@@H]3CC[C@H]4C(C)(C)C(O[C@H]5CN(C(=O)CC6CC6)CCO5)CCC45C[C@@]35CC[C@]21C)C(C)(C)C(=O)O. The topological polar surface area (TPSA) is 126 Å². The zero-order chi connectivity index (χ0) is 37.4. The molecule has 6 aliphatic carbocycles. The van der Waals surface area contributed by atoms with Crippen molar-refractivity contribution in [2.45, 2.75) is 162 Å². The molecule has 6 saturated carbocycles. The second kappa shape index (κ2) is 12.1. The summed E-state index contributed by atoms with van der Waals surface area (Å²) in [5, 5.41) is 22.6. The molecule has 0 aromatic carbocycles. The number of hydrogen-bond donors (Lipinski definition) is 2. The molecule has 0 aromatic heterocycles. The van der Waals surface area contributed by atoms with Gasteiger partial charge in [0, 0.05) is 31.8 Å². The number of ether oxygens (including phenoxy) is 3. The highest BCUT2D eigenvalue weighted by molar-refractivity contribution is 5.85. The van der Waals surface area contributed by atoms with E-state index in [9.17, 15) is 24.6 Å². The summed E-state index contributed by atoms with van der Waals surface area (Å²) in [5.74, 6) is 0.940. The summed E-state index contributed by atoms with van der Waals surface area (Å²) >= 11 is 0. The Balaban J connectivity index is 0.992. The first kappa shape index (κ1) is 37.2. The maximum absolute atomic E-state index is 12.9. The zero-order valence-electron chi connectivity index (χ0n) is 33.1. The number of aliphatic hydroxyl groups excluding tert-OH is 1. The van der Waals surface area contributed by atoms with Crippen LogP contribution in [0, 0.1) is 56.7 Å². The zero-order valence-corrected chi connectivity index (χ0v) is 33.1. The van der Waals surface area contributed by atoms with Crippen LogP contribution >= 0.6 is 0 Å². The van der Waals surface area contributed by atoms with Gasteiger partial charge in [-0.1, -0.05) is 34.6 Å². The fourth-order valence-electron chi connectivity index (χ4n) is 14.6. The van der Waals surface area contributed by atoms with E-state index in [1.54, 1.807) is 13.8 Å². The van der Waals surface area contributed by atoms with Crippen molar-refractivity contribution in [3.63, 3.8) is 0 Å². The number of rotatable bonds is 8. The van der Waals surface area contributed by atoms with Crippen molar-refractivity contribution in [1.29, 1.82) is 0 Å². The van der Waals surface area contributed by atoms with Gasteiger partial charge in [-0.15, -0.1) is 0 Å². The molecule has 0 bridgehead atoms. The Kier molecular flexibility index (Phi) is 8.67. The highest BCUT2D eigenvalue weighted by atomic mass is 16.7. The quantitative estimate of drug-likeness (QED) is 0.318. The molecule has 0 aromatic rings. The van der Waals surface area contributed by atoms with E-state index in [0.29, 0.717) is 43.9 Å². The largest absolute Gasteiger partial charge is 0.480 e. The van der Waals surface area contributed by atoms with Gasteiger partial charge in [0.25, 0.3) is 0 Å². The van der Waals surface area contributed by atoms with Crippen molar-refractivity contribution in [3.05, 3.63) is 0 Å². The third kappa shape index (κ3) is 5.11. The molecule has 2 N–H and O–H groups in total. The normalized spacial score (nSPS) is 47.6.